The number of rotatable bonds is 1. The van der Waals surface area contributed by atoms with Gasteiger partial charge in [-0.05, 0) is 31.9 Å². The molecular formula is C10H16ClN3. The summed E-state index contributed by atoms with van der Waals surface area (Å²) in [6.07, 6.45) is 0. The van der Waals surface area contributed by atoms with E-state index in [0.717, 1.165) is 16.8 Å². The van der Waals surface area contributed by atoms with Gasteiger partial charge in [-0.3, -0.25) is 0 Å². The first-order chi connectivity index (χ1) is 6.00. The zero-order valence-electron chi connectivity index (χ0n) is 8.66. The lowest BCUT2D eigenvalue weighted by Crippen LogP contribution is -2.22. The number of halogens is 1. The summed E-state index contributed by atoms with van der Waals surface area (Å²) in [5.74, 6) is 0.107. The van der Waals surface area contributed by atoms with Crippen molar-refractivity contribution < 1.29 is 0 Å². The van der Waals surface area contributed by atoms with Crippen molar-refractivity contribution in [2.24, 2.45) is 16.5 Å². The SMILES string of the molecule is Cc1cc(C)c(N=C(N)N)c(C)c1.Cl. The standard InChI is InChI=1S/C10H15N3.ClH/c1-6-4-7(2)9(8(3)5-6)13-10(11)12;/h4-5H,1-3H3,(H4,11,12,13);1H. The summed E-state index contributed by atoms with van der Waals surface area (Å²) in [5, 5.41) is 0. The molecule has 0 fully saturated rings. The molecule has 0 amide bonds. The minimum absolute atomic E-state index is 0. The first-order valence-corrected chi connectivity index (χ1v) is 4.18. The van der Waals surface area contributed by atoms with Gasteiger partial charge in [0.2, 0.25) is 0 Å². The van der Waals surface area contributed by atoms with E-state index in [4.69, 9.17) is 11.5 Å². The van der Waals surface area contributed by atoms with Crippen LogP contribution in [0.5, 0.6) is 0 Å². The fourth-order valence-electron chi connectivity index (χ4n) is 1.48. The van der Waals surface area contributed by atoms with Gasteiger partial charge in [-0.1, -0.05) is 17.7 Å². The number of aliphatic imine (C=N–C) groups is 1. The zero-order valence-corrected chi connectivity index (χ0v) is 9.48. The predicted octanol–water partition coefficient (Wildman–Crippen LogP) is 1.94. The Bertz CT molecular complexity index is 331. The number of aryl methyl sites for hydroxylation is 3. The van der Waals surface area contributed by atoms with Gasteiger partial charge in [0.05, 0.1) is 5.69 Å². The van der Waals surface area contributed by atoms with Crippen LogP contribution in [0.15, 0.2) is 17.1 Å². The van der Waals surface area contributed by atoms with E-state index >= 15 is 0 Å². The molecule has 0 bridgehead atoms. The second-order valence-corrected chi connectivity index (χ2v) is 3.28. The van der Waals surface area contributed by atoms with Crippen LogP contribution in [0.2, 0.25) is 0 Å². The molecule has 0 atom stereocenters. The van der Waals surface area contributed by atoms with Gasteiger partial charge in [0.1, 0.15) is 0 Å². The van der Waals surface area contributed by atoms with Crippen LogP contribution in [0.4, 0.5) is 5.69 Å². The Kier molecular flexibility index (Phi) is 4.44. The highest BCUT2D eigenvalue weighted by Gasteiger charge is 2.01. The molecule has 0 aliphatic rings. The lowest BCUT2D eigenvalue weighted by Gasteiger charge is -2.06. The second kappa shape index (κ2) is 4.86. The van der Waals surface area contributed by atoms with E-state index in [1.165, 1.54) is 5.56 Å². The summed E-state index contributed by atoms with van der Waals surface area (Å²) < 4.78 is 0. The highest BCUT2D eigenvalue weighted by Crippen LogP contribution is 2.24. The molecule has 78 valence electrons. The molecule has 0 heterocycles. The van der Waals surface area contributed by atoms with Gasteiger partial charge < -0.3 is 11.5 Å². The van der Waals surface area contributed by atoms with Crippen LogP contribution in [-0.2, 0) is 0 Å². The number of guanidine groups is 1. The summed E-state index contributed by atoms with van der Waals surface area (Å²) in [6, 6.07) is 4.13. The molecule has 4 heteroatoms. The highest BCUT2D eigenvalue weighted by molar-refractivity contribution is 5.85. The van der Waals surface area contributed by atoms with E-state index < -0.39 is 0 Å². The average molecular weight is 214 g/mol. The van der Waals surface area contributed by atoms with Crippen molar-refractivity contribution in [1.82, 2.24) is 0 Å². The summed E-state index contributed by atoms with van der Waals surface area (Å²) in [7, 11) is 0. The maximum Gasteiger partial charge on any atom is 0.191 e. The molecule has 4 N–H and O–H groups in total. The summed E-state index contributed by atoms with van der Waals surface area (Å²) in [6.45, 7) is 6.06. The summed E-state index contributed by atoms with van der Waals surface area (Å²) >= 11 is 0. The number of nitrogens with zero attached hydrogens (tertiary/aromatic N) is 1. The quantitative estimate of drug-likeness (QED) is 0.553. The van der Waals surface area contributed by atoms with Crippen molar-refractivity contribution in [2.45, 2.75) is 20.8 Å². The number of hydrogen-bond donors (Lipinski definition) is 2. The van der Waals surface area contributed by atoms with Crippen molar-refractivity contribution in [1.29, 1.82) is 0 Å². The second-order valence-electron chi connectivity index (χ2n) is 3.28. The molecule has 1 aromatic carbocycles. The molecule has 0 aliphatic heterocycles. The molecule has 0 spiro atoms. The molecule has 0 aliphatic carbocycles. The minimum Gasteiger partial charge on any atom is -0.370 e. The van der Waals surface area contributed by atoms with Crippen molar-refractivity contribution >= 4 is 24.1 Å². The van der Waals surface area contributed by atoms with E-state index in [-0.39, 0.29) is 18.4 Å². The summed E-state index contributed by atoms with van der Waals surface area (Å²) in [5.41, 5.74) is 15.0. The Labute approximate surface area is 90.6 Å². The van der Waals surface area contributed by atoms with Crippen LogP contribution in [-0.4, -0.2) is 5.96 Å². The average Bonchev–Trinajstić information content (AvgIpc) is 1.96. The van der Waals surface area contributed by atoms with Crippen molar-refractivity contribution in [2.75, 3.05) is 0 Å². The van der Waals surface area contributed by atoms with Crippen molar-refractivity contribution in [3.05, 3.63) is 28.8 Å². The summed E-state index contributed by atoms with van der Waals surface area (Å²) in [4.78, 5) is 4.07. The van der Waals surface area contributed by atoms with E-state index in [1.54, 1.807) is 0 Å². The van der Waals surface area contributed by atoms with Gasteiger partial charge in [0.15, 0.2) is 5.96 Å². The molecular weight excluding hydrogens is 198 g/mol. The Morgan fingerprint density at radius 1 is 1.07 bits per heavy atom. The third kappa shape index (κ3) is 2.92. The first-order valence-electron chi connectivity index (χ1n) is 4.18. The van der Waals surface area contributed by atoms with Gasteiger partial charge >= 0.3 is 0 Å². The third-order valence-electron chi connectivity index (χ3n) is 1.88. The van der Waals surface area contributed by atoms with Crippen LogP contribution in [0.1, 0.15) is 16.7 Å². The maximum absolute atomic E-state index is 5.33. The Morgan fingerprint density at radius 3 is 1.86 bits per heavy atom. The van der Waals surface area contributed by atoms with Gasteiger partial charge in [-0.25, -0.2) is 4.99 Å². The Morgan fingerprint density at radius 2 is 1.50 bits per heavy atom. The van der Waals surface area contributed by atoms with Crippen LogP contribution in [0.25, 0.3) is 0 Å². The lowest BCUT2D eigenvalue weighted by molar-refractivity contribution is 1.27. The molecule has 14 heavy (non-hydrogen) atoms. The van der Waals surface area contributed by atoms with Crippen molar-refractivity contribution in [3.8, 4) is 0 Å². The van der Waals surface area contributed by atoms with Crippen LogP contribution in [0.3, 0.4) is 0 Å². The normalized spacial score (nSPS) is 9.07. The maximum atomic E-state index is 5.33. The smallest absolute Gasteiger partial charge is 0.191 e. The van der Waals surface area contributed by atoms with Crippen LogP contribution in [0, 0.1) is 20.8 Å². The van der Waals surface area contributed by atoms with E-state index in [1.807, 2.05) is 13.8 Å². The van der Waals surface area contributed by atoms with Crippen molar-refractivity contribution in [3.63, 3.8) is 0 Å². The Balaban J connectivity index is 0.00000169. The largest absolute Gasteiger partial charge is 0.370 e. The molecule has 1 aromatic rings. The van der Waals surface area contributed by atoms with Gasteiger partial charge in [0.25, 0.3) is 0 Å². The van der Waals surface area contributed by atoms with Gasteiger partial charge in [-0.2, -0.15) is 0 Å². The number of benzene rings is 1. The molecule has 0 radical (unpaired) electrons. The van der Waals surface area contributed by atoms with E-state index in [9.17, 15) is 0 Å². The monoisotopic (exact) mass is 213 g/mol. The van der Waals surface area contributed by atoms with E-state index in [2.05, 4.69) is 24.0 Å². The Hall–Kier alpha value is -1.22. The molecule has 1 rings (SSSR count). The molecule has 0 aromatic heterocycles. The number of nitrogens with two attached hydrogens (primary N) is 2. The molecule has 0 saturated heterocycles. The fraction of sp³-hybridized carbons (Fsp3) is 0.300. The first kappa shape index (κ1) is 12.8. The molecule has 0 unspecified atom stereocenters. The predicted molar refractivity (Wildman–Crippen MR) is 63.4 cm³/mol. The molecule has 0 saturated carbocycles. The lowest BCUT2D eigenvalue weighted by atomic mass is 10.1. The van der Waals surface area contributed by atoms with Gasteiger partial charge in [-0.15, -0.1) is 12.4 Å². The molecule has 3 nitrogen and oxygen atoms in total. The highest BCUT2D eigenvalue weighted by atomic mass is 35.5. The fourth-order valence-corrected chi connectivity index (χ4v) is 1.48. The third-order valence-corrected chi connectivity index (χ3v) is 1.88. The minimum atomic E-state index is 0. The zero-order chi connectivity index (χ0) is 10.0. The van der Waals surface area contributed by atoms with E-state index in [0.29, 0.717) is 0 Å². The number of hydrogen-bond acceptors (Lipinski definition) is 1. The van der Waals surface area contributed by atoms with Crippen LogP contribution < -0.4 is 11.5 Å². The van der Waals surface area contributed by atoms with Gasteiger partial charge in [0, 0.05) is 0 Å². The topological polar surface area (TPSA) is 64.4 Å². The van der Waals surface area contributed by atoms with Crippen LogP contribution >= 0.6 is 12.4 Å².